The van der Waals surface area contributed by atoms with Crippen LogP contribution in [-0.4, -0.2) is 16.7 Å². The molecule has 0 fully saturated rings. The van der Waals surface area contributed by atoms with Crippen LogP contribution >= 0.6 is 0 Å². The van der Waals surface area contributed by atoms with Gasteiger partial charge in [-0.25, -0.2) is 8.78 Å². The van der Waals surface area contributed by atoms with E-state index in [9.17, 15) is 8.78 Å². The molecule has 0 saturated heterocycles. The molecular formula is C16H13F2NO2. The number of halogens is 2. The van der Waals surface area contributed by atoms with Crippen LogP contribution < -0.4 is 4.74 Å². The highest BCUT2D eigenvalue weighted by molar-refractivity contribution is 5.36. The lowest BCUT2D eigenvalue weighted by Crippen LogP contribution is -2.00. The summed E-state index contributed by atoms with van der Waals surface area (Å²) in [7, 11) is 0. The van der Waals surface area contributed by atoms with E-state index >= 15 is 0 Å². The Morgan fingerprint density at radius 2 is 2.10 bits per heavy atom. The second kappa shape index (κ2) is 7.36. The molecule has 0 radical (unpaired) electrons. The summed E-state index contributed by atoms with van der Waals surface area (Å²) in [4.78, 5) is 3.96. The van der Waals surface area contributed by atoms with Gasteiger partial charge in [-0.05, 0) is 12.1 Å². The van der Waals surface area contributed by atoms with E-state index in [-0.39, 0.29) is 18.8 Å². The lowest BCUT2D eigenvalue weighted by Gasteiger charge is -2.07. The highest BCUT2D eigenvalue weighted by Gasteiger charge is 2.08. The van der Waals surface area contributed by atoms with Crippen molar-refractivity contribution in [1.29, 1.82) is 0 Å². The van der Waals surface area contributed by atoms with Crippen molar-refractivity contribution >= 4 is 0 Å². The smallest absolute Gasteiger partial charge is 0.165 e. The normalized spacial score (nSPS) is 9.86. The number of nitrogens with zero attached hydrogens (tertiary/aromatic N) is 1. The Labute approximate surface area is 121 Å². The number of rotatable bonds is 4. The molecule has 5 heteroatoms. The maximum atomic E-state index is 13.5. The lowest BCUT2D eigenvalue weighted by atomic mass is 10.2. The van der Waals surface area contributed by atoms with E-state index in [2.05, 4.69) is 16.8 Å². The Morgan fingerprint density at radius 3 is 2.90 bits per heavy atom. The van der Waals surface area contributed by atoms with Crippen molar-refractivity contribution in [3.8, 4) is 17.6 Å². The molecule has 1 N–H and O–H groups in total. The Balaban J connectivity index is 2.05. The van der Waals surface area contributed by atoms with Gasteiger partial charge in [0, 0.05) is 23.7 Å². The third kappa shape index (κ3) is 4.26. The zero-order valence-corrected chi connectivity index (χ0v) is 11.1. The van der Waals surface area contributed by atoms with Crippen LogP contribution in [0.3, 0.4) is 0 Å². The Bertz CT molecular complexity index is 677. The predicted octanol–water partition coefficient (Wildman–Crippen LogP) is 2.67. The molecule has 1 aromatic heterocycles. The van der Waals surface area contributed by atoms with Gasteiger partial charge >= 0.3 is 0 Å². The van der Waals surface area contributed by atoms with Gasteiger partial charge in [0.05, 0.1) is 12.8 Å². The van der Waals surface area contributed by atoms with Crippen molar-refractivity contribution in [1.82, 2.24) is 4.98 Å². The van der Waals surface area contributed by atoms with E-state index in [1.165, 1.54) is 18.3 Å². The molecule has 0 bridgehead atoms. The summed E-state index contributed by atoms with van der Waals surface area (Å²) in [6.07, 6.45) is 3.40. The summed E-state index contributed by atoms with van der Waals surface area (Å²) >= 11 is 0. The predicted molar refractivity (Wildman–Crippen MR) is 73.5 cm³/mol. The molecule has 0 aliphatic heterocycles. The van der Waals surface area contributed by atoms with Crippen molar-refractivity contribution < 1.29 is 18.6 Å². The van der Waals surface area contributed by atoms with E-state index in [4.69, 9.17) is 9.84 Å². The van der Waals surface area contributed by atoms with Gasteiger partial charge < -0.3 is 9.84 Å². The van der Waals surface area contributed by atoms with Gasteiger partial charge in [0.25, 0.3) is 0 Å². The largest absolute Gasteiger partial charge is 0.487 e. The molecule has 1 heterocycles. The average Bonchev–Trinajstić information content (AvgIpc) is 2.50. The van der Waals surface area contributed by atoms with E-state index in [1.54, 1.807) is 12.3 Å². The van der Waals surface area contributed by atoms with E-state index in [0.717, 1.165) is 6.07 Å². The van der Waals surface area contributed by atoms with Crippen molar-refractivity contribution in [3.63, 3.8) is 0 Å². The summed E-state index contributed by atoms with van der Waals surface area (Å²) in [5, 5.41) is 8.65. The van der Waals surface area contributed by atoms with Gasteiger partial charge in [-0.15, -0.1) is 0 Å². The van der Waals surface area contributed by atoms with E-state index in [1.807, 2.05) is 0 Å². The fraction of sp³-hybridized carbons (Fsp3) is 0.188. The summed E-state index contributed by atoms with van der Waals surface area (Å²) in [5.74, 6) is 4.18. The van der Waals surface area contributed by atoms with E-state index in [0.29, 0.717) is 17.7 Å². The van der Waals surface area contributed by atoms with Gasteiger partial charge in [0.15, 0.2) is 11.6 Å². The Kier molecular flexibility index (Phi) is 5.24. The zero-order valence-electron chi connectivity index (χ0n) is 11.1. The molecule has 108 valence electrons. The molecule has 0 spiro atoms. The third-order valence-electron chi connectivity index (χ3n) is 2.61. The molecule has 3 nitrogen and oxygen atoms in total. The molecule has 0 saturated carbocycles. The van der Waals surface area contributed by atoms with Crippen LogP contribution in [0.25, 0.3) is 0 Å². The molecule has 0 unspecified atom stereocenters. The number of aliphatic hydroxyl groups is 1. The molecule has 21 heavy (non-hydrogen) atoms. The van der Waals surface area contributed by atoms with Gasteiger partial charge in [-0.1, -0.05) is 24.0 Å². The number of hydrogen-bond acceptors (Lipinski definition) is 3. The maximum Gasteiger partial charge on any atom is 0.165 e. The van der Waals surface area contributed by atoms with Crippen LogP contribution in [-0.2, 0) is 6.61 Å². The molecule has 2 aromatic rings. The number of aliphatic hydroxyl groups excluding tert-OH is 1. The fourth-order valence-corrected chi connectivity index (χ4v) is 1.61. The number of aromatic nitrogens is 1. The van der Waals surface area contributed by atoms with Gasteiger partial charge in [-0.3, -0.25) is 4.98 Å². The summed E-state index contributed by atoms with van der Waals surface area (Å²) in [6.45, 7) is -0.103. The molecule has 1 aromatic carbocycles. The minimum Gasteiger partial charge on any atom is -0.487 e. The summed E-state index contributed by atoms with van der Waals surface area (Å²) < 4.78 is 31.9. The quantitative estimate of drug-likeness (QED) is 0.880. The first-order chi connectivity index (χ1) is 10.2. The zero-order chi connectivity index (χ0) is 15.1. The first kappa shape index (κ1) is 14.9. The minimum absolute atomic E-state index is 0.00450. The first-order valence-corrected chi connectivity index (χ1v) is 6.31. The highest BCUT2D eigenvalue weighted by Crippen LogP contribution is 2.16. The topological polar surface area (TPSA) is 42.4 Å². The van der Waals surface area contributed by atoms with Crippen LogP contribution in [0.2, 0.25) is 0 Å². The van der Waals surface area contributed by atoms with Gasteiger partial charge in [0.1, 0.15) is 12.4 Å². The molecule has 0 aliphatic rings. The van der Waals surface area contributed by atoms with Crippen LogP contribution in [0.5, 0.6) is 5.75 Å². The van der Waals surface area contributed by atoms with Crippen LogP contribution in [0.4, 0.5) is 8.78 Å². The Morgan fingerprint density at radius 1 is 1.24 bits per heavy atom. The molecule has 0 aliphatic carbocycles. The second-order valence-corrected chi connectivity index (χ2v) is 4.19. The number of ether oxygens (including phenoxy) is 1. The van der Waals surface area contributed by atoms with Crippen LogP contribution in [0.1, 0.15) is 17.5 Å². The van der Waals surface area contributed by atoms with Crippen molar-refractivity contribution in [2.75, 3.05) is 6.61 Å². The van der Waals surface area contributed by atoms with Crippen molar-refractivity contribution in [2.45, 2.75) is 13.0 Å². The monoisotopic (exact) mass is 289 g/mol. The third-order valence-corrected chi connectivity index (χ3v) is 2.61. The Hall–Kier alpha value is -2.45. The number of pyridine rings is 1. The first-order valence-electron chi connectivity index (χ1n) is 6.31. The minimum atomic E-state index is -0.913. The van der Waals surface area contributed by atoms with Crippen molar-refractivity contribution in [3.05, 3.63) is 59.4 Å². The maximum absolute atomic E-state index is 13.5. The number of hydrogen-bond donors (Lipinski definition) is 1. The molecular weight excluding hydrogens is 276 g/mol. The van der Waals surface area contributed by atoms with Gasteiger partial charge in [0.2, 0.25) is 0 Å². The van der Waals surface area contributed by atoms with Crippen LogP contribution in [0.15, 0.2) is 36.7 Å². The van der Waals surface area contributed by atoms with Crippen molar-refractivity contribution in [2.24, 2.45) is 0 Å². The highest BCUT2D eigenvalue weighted by atomic mass is 19.2. The molecule has 0 amide bonds. The standard InChI is InChI=1S/C16H13F2NO2/c17-15-6-3-5-13(16(15)18)11-21-14-8-12(9-19-10-14)4-1-2-7-20/h3,5-6,8-10,20H,2,7,11H2. The SMILES string of the molecule is OCCC#Cc1cncc(OCc2cccc(F)c2F)c1. The van der Waals surface area contributed by atoms with Gasteiger partial charge in [-0.2, -0.15) is 0 Å². The number of benzene rings is 1. The summed E-state index contributed by atoms with van der Waals surface area (Å²) in [5.41, 5.74) is 0.757. The summed E-state index contributed by atoms with van der Waals surface area (Å²) in [6, 6.07) is 5.58. The average molecular weight is 289 g/mol. The second-order valence-electron chi connectivity index (χ2n) is 4.19. The molecule has 0 atom stereocenters. The van der Waals surface area contributed by atoms with Crippen LogP contribution in [0, 0.1) is 23.5 Å². The fourth-order valence-electron chi connectivity index (χ4n) is 1.61. The van der Waals surface area contributed by atoms with E-state index < -0.39 is 11.6 Å². The molecule has 2 rings (SSSR count). The lowest BCUT2D eigenvalue weighted by molar-refractivity contribution is 0.296.